The molecule has 1 fully saturated rings. The molecule has 0 bridgehead atoms. The highest BCUT2D eigenvalue weighted by atomic mass is 16.2. The topological polar surface area (TPSA) is 20.3 Å². The van der Waals surface area contributed by atoms with Gasteiger partial charge >= 0.3 is 0 Å². The lowest BCUT2D eigenvalue weighted by Crippen LogP contribution is -2.54. The molecule has 3 nitrogen and oxygen atoms in total. The molecular weight excluding hydrogens is 200 g/mol. The van der Waals surface area contributed by atoms with Crippen molar-refractivity contribution in [3.63, 3.8) is 0 Å². The largest absolute Gasteiger partial charge is 0.336 e. The number of likely N-dealkylation sites (N-methyl/N-ethyl adjacent to an activating group) is 1. The lowest BCUT2D eigenvalue weighted by Gasteiger charge is -2.39. The lowest BCUT2D eigenvalue weighted by atomic mass is 10.1. The van der Waals surface area contributed by atoms with Crippen LogP contribution in [0.15, 0.2) is 0 Å². The summed E-state index contributed by atoms with van der Waals surface area (Å²) in [6.07, 6.45) is 1.14. The molecule has 1 amide bonds. The molecule has 1 rings (SSSR count). The first-order valence-electron chi connectivity index (χ1n) is 6.39. The highest BCUT2D eigenvalue weighted by Crippen LogP contribution is 2.23. The van der Waals surface area contributed by atoms with Crippen LogP contribution in [0.3, 0.4) is 0 Å². The van der Waals surface area contributed by atoms with E-state index in [1.165, 1.54) is 0 Å². The van der Waals surface area contributed by atoms with E-state index in [0.717, 1.165) is 24.0 Å². The molecular formula is C13H27N2O+. The molecule has 1 aliphatic heterocycles. The number of hydrogen-bond acceptors (Lipinski definition) is 1. The van der Waals surface area contributed by atoms with Gasteiger partial charge < -0.3 is 9.38 Å². The maximum absolute atomic E-state index is 11.9. The minimum atomic E-state index is 0.133. The summed E-state index contributed by atoms with van der Waals surface area (Å²) in [5.41, 5.74) is 0. The van der Waals surface area contributed by atoms with Crippen molar-refractivity contribution < 1.29 is 9.28 Å². The molecule has 0 aromatic rings. The minimum Gasteiger partial charge on any atom is -0.336 e. The fraction of sp³-hybridized carbons (Fsp3) is 0.923. The van der Waals surface area contributed by atoms with E-state index in [1.54, 1.807) is 0 Å². The summed E-state index contributed by atoms with van der Waals surface area (Å²) < 4.78 is 1.02. The average Bonchev–Trinajstić information content (AvgIpc) is 2.65. The third-order valence-electron chi connectivity index (χ3n) is 4.24. The summed E-state index contributed by atoms with van der Waals surface area (Å²) in [5, 5.41) is 0. The second-order valence-electron chi connectivity index (χ2n) is 6.10. The first-order chi connectivity index (χ1) is 7.26. The van der Waals surface area contributed by atoms with E-state index in [1.807, 2.05) is 18.7 Å². The monoisotopic (exact) mass is 227 g/mol. The van der Waals surface area contributed by atoms with E-state index < -0.39 is 0 Å². The van der Waals surface area contributed by atoms with Crippen molar-refractivity contribution in [2.24, 2.45) is 5.92 Å². The van der Waals surface area contributed by atoms with Crippen molar-refractivity contribution in [3.8, 4) is 0 Å². The van der Waals surface area contributed by atoms with Gasteiger partial charge in [-0.1, -0.05) is 13.8 Å². The Morgan fingerprint density at radius 1 is 1.25 bits per heavy atom. The van der Waals surface area contributed by atoms with E-state index in [9.17, 15) is 4.79 Å². The predicted octanol–water partition coefficient (Wildman–Crippen LogP) is 1.73. The van der Waals surface area contributed by atoms with Crippen LogP contribution in [-0.2, 0) is 4.79 Å². The van der Waals surface area contributed by atoms with E-state index in [0.29, 0.717) is 18.0 Å². The Balaban J connectivity index is 2.62. The molecule has 1 saturated heterocycles. The summed E-state index contributed by atoms with van der Waals surface area (Å²) >= 11 is 0. The van der Waals surface area contributed by atoms with Crippen LogP contribution in [0.25, 0.3) is 0 Å². The zero-order chi connectivity index (χ0) is 12.5. The standard InChI is InChI=1S/C13H27N2O/c1-10(2)13(16)14-8-7-12(9-14)15(5,6)11(3)4/h10-12H,7-9H2,1-6H3/q+1. The van der Waals surface area contributed by atoms with Gasteiger partial charge in [0.05, 0.1) is 26.7 Å². The van der Waals surface area contributed by atoms with Crippen molar-refractivity contribution in [3.05, 3.63) is 0 Å². The number of nitrogens with zero attached hydrogens (tertiary/aromatic N) is 2. The SMILES string of the molecule is CC(C)C(=O)N1CCC([N+](C)(C)C(C)C)C1. The molecule has 1 aliphatic rings. The van der Waals surface area contributed by atoms with Crippen LogP contribution in [0.1, 0.15) is 34.1 Å². The number of quaternary nitrogens is 1. The van der Waals surface area contributed by atoms with Crippen LogP contribution in [0.5, 0.6) is 0 Å². The van der Waals surface area contributed by atoms with Crippen molar-refractivity contribution in [2.45, 2.75) is 46.2 Å². The summed E-state index contributed by atoms with van der Waals surface area (Å²) in [5.74, 6) is 0.444. The first kappa shape index (κ1) is 13.5. The molecule has 0 N–H and O–H groups in total. The second-order valence-corrected chi connectivity index (χ2v) is 6.10. The molecule has 0 aromatic heterocycles. The molecule has 0 radical (unpaired) electrons. The summed E-state index contributed by atoms with van der Waals surface area (Å²) in [7, 11) is 4.55. The molecule has 1 heterocycles. The lowest BCUT2D eigenvalue weighted by molar-refractivity contribution is -0.932. The van der Waals surface area contributed by atoms with Gasteiger partial charge in [0.2, 0.25) is 5.91 Å². The van der Waals surface area contributed by atoms with Gasteiger partial charge in [0, 0.05) is 18.9 Å². The third-order valence-corrected chi connectivity index (χ3v) is 4.24. The van der Waals surface area contributed by atoms with E-state index in [4.69, 9.17) is 0 Å². The molecule has 1 atom stereocenters. The predicted molar refractivity (Wildman–Crippen MR) is 67.1 cm³/mol. The maximum Gasteiger partial charge on any atom is 0.225 e. The summed E-state index contributed by atoms with van der Waals surface area (Å²) in [6, 6.07) is 1.21. The molecule has 0 saturated carbocycles. The van der Waals surface area contributed by atoms with Crippen LogP contribution >= 0.6 is 0 Å². The smallest absolute Gasteiger partial charge is 0.225 e. The molecule has 0 spiro atoms. The fourth-order valence-corrected chi connectivity index (χ4v) is 2.27. The van der Waals surface area contributed by atoms with Gasteiger partial charge in [0.15, 0.2) is 0 Å². The van der Waals surface area contributed by atoms with Crippen LogP contribution in [0.4, 0.5) is 0 Å². The Morgan fingerprint density at radius 3 is 2.25 bits per heavy atom. The van der Waals surface area contributed by atoms with Gasteiger partial charge in [-0.25, -0.2) is 0 Å². The van der Waals surface area contributed by atoms with Gasteiger partial charge in [-0.2, -0.15) is 0 Å². The number of hydrogen-bond donors (Lipinski definition) is 0. The van der Waals surface area contributed by atoms with Crippen LogP contribution < -0.4 is 0 Å². The van der Waals surface area contributed by atoms with Crippen LogP contribution in [0.2, 0.25) is 0 Å². The van der Waals surface area contributed by atoms with Gasteiger partial charge in [-0.3, -0.25) is 4.79 Å². The molecule has 3 heteroatoms. The zero-order valence-electron chi connectivity index (χ0n) is 11.7. The summed E-state index contributed by atoms with van der Waals surface area (Å²) in [6.45, 7) is 10.4. The molecule has 1 unspecified atom stereocenters. The Morgan fingerprint density at radius 2 is 1.81 bits per heavy atom. The average molecular weight is 227 g/mol. The second kappa shape index (κ2) is 4.74. The number of likely N-dealkylation sites (tertiary alicyclic amines) is 1. The Hall–Kier alpha value is -0.570. The number of rotatable bonds is 3. The summed E-state index contributed by atoms with van der Waals surface area (Å²) in [4.78, 5) is 13.9. The normalized spacial score (nSPS) is 22.2. The number of carbonyl (C=O) groups excluding carboxylic acids is 1. The maximum atomic E-state index is 11.9. The van der Waals surface area contributed by atoms with Crippen molar-refractivity contribution >= 4 is 5.91 Å². The molecule has 16 heavy (non-hydrogen) atoms. The highest BCUT2D eigenvalue weighted by molar-refractivity contribution is 5.78. The van der Waals surface area contributed by atoms with E-state index in [-0.39, 0.29) is 5.92 Å². The van der Waals surface area contributed by atoms with Crippen LogP contribution in [0, 0.1) is 5.92 Å². The van der Waals surface area contributed by atoms with Crippen LogP contribution in [-0.4, -0.2) is 54.6 Å². The molecule has 0 aliphatic carbocycles. The quantitative estimate of drug-likeness (QED) is 0.672. The number of amides is 1. The highest BCUT2D eigenvalue weighted by Gasteiger charge is 2.38. The molecule has 0 aromatic carbocycles. The van der Waals surface area contributed by atoms with E-state index in [2.05, 4.69) is 27.9 Å². The minimum absolute atomic E-state index is 0.133. The van der Waals surface area contributed by atoms with Gasteiger partial charge in [-0.05, 0) is 13.8 Å². The van der Waals surface area contributed by atoms with E-state index >= 15 is 0 Å². The van der Waals surface area contributed by atoms with Crippen molar-refractivity contribution in [1.82, 2.24) is 4.90 Å². The van der Waals surface area contributed by atoms with Gasteiger partial charge in [0.25, 0.3) is 0 Å². The third kappa shape index (κ3) is 2.57. The van der Waals surface area contributed by atoms with Crippen molar-refractivity contribution in [2.75, 3.05) is 27.2 Å². The number of carbonyl (C=O) groups is 1. The first-order valence-corrected chi connectivity index (χ1v) is 6.39. The van der Waals surface area contributed by atoms with Gasteiger partial charge in [0.1, 0.15) is 6.04 Å². The van der Waals surface area contributed by atoms with Crippen molar-refractivity contribution in [1.29, 1.82) is 0 Å². The van der Waals surface area contributed by atoms with Gasteiger partial charge in [-0.15, -0.1) is 0 Å². The Kier molecular flexibility index (Phi) is 4.00. The Labute approximate surface area is 100 Å². The Bertz CT molecular complexity index is 259. The fourth-order valence-electron chi connectivity index (χ4n) is 2.27. The zero-order valence-corrected chi connectivity index (χ0v) is 11.7. The molecule has 94 valence electrons.